The lowest BCUT2D eigenvalue weighted by molar-refractivity contribution is -0.125. The van der Waals surface area contributed by atoms with Gasteiger partial charge >= 0.3 is 0 Å². The summed E-state index contributed by atoms with van der Waals surface area (Å²) in [4.78, 5) is 16.2. The maximum Gasteiger partial charge on any atom is 0.230 e. The molecular weight excluding hydrogens is 260 g/mol. The number of nitrogens with one attached hydrogen (secondary N) is 1. The van der Waals surface area contributed by atoms with E-state index in [0.29, 0.717) is 19.0 Å². The molecule has 1 N–H and O–H groups in total. The molecule has 1 aromatic heterocycles. The van der Waals surface area contributed by atoms with Crippen LogP contribution in [0.1, 0.15) is 25.5 Å². The topological polar surface area (TPSA) is 69.7 Å². The van der Waals surface area contributed by atoms with Crippen molar-refractivity contribution in [2.24, 2.45) is 0 Å². The number of rotatable bonds is 6. The van der Waals surface area contributed by atoms with Crippen molar-refractivity contribution in [3.05, 3.63) is 23.9 Å². The Kier molecular flexibility index (Phi) is 5.46. The third-order valence-electron chi connectivity index (χ3n) is 2.99. The van der Waals surface area contributed by atoms with Crippen LogP contribution in [0.5, 0.6) is 0 Å². The molecule has 20 heavy (non-hydrogen) atoms. The molecule has 110 valence electrons. The van der Waals surface area contributed by atoms with Crippen molar-refractivity contribution in [1.29, 1.82) is 0 Å². The molecule has 0 saturated carbocycles. The number of amides is 1. The Bertz CT molecular complexity index is 453. The minimum Gasteiger partial charge on any atom is -0.378 e. The first-order valence-electron chi connectivity index (χ1n) is 6.73. The molecule has 1 amide bonds. The van der Waals surface area contributed by atoms with Gasteiger partial charge in [0.25, 0.3) is 0 Å². The number of anilines is 1. The molecule has 0 aromatic carbocycles. The summed E-state index contributed by atoms with van der Waals surface area (Å²) >= 11 is 0. The molecule has 1 aromatic rings. The second kappa shape index (κ2) is 7.33. The molecule has 1 fully saturated rings. The monoisotopic (exact) mass is 280 g/mol. The quantitative estimate of drug-likeness (QED) is 0.859. The van der Waals surface area contributed by atoms with Gasteiger partial charge in [-0.05, 0) is 18.6 Å². The van der Waals surface area contributed by atoms with Crippen LogP contribution in [0.3, 0.4) is 0 Å². The van der Waals surface area contributed by atoms with Crippen molar-refractivity contribution in [3.63, 3.8) is 0 Å². The van der Waals surface area contributed by atoms with Gasteiger partial charge < -0.3 is 19.5 Å². The summed E-state index contributed by atoms with van der Waals surface area (Å²) in [5.41, 5.74) is 0.768. The van der Waals surface area contributed by atoms with Gasteiger partial charge in [-0.1, -0.05) is 13.0 Å². The smallest absolute Gasteiger partial charge is 0.230 e. The Hall–Kier alpha value is -1.50. The molecule has 0 spiro atoms. The zero-order chi connectivity index (χ0) is 14.4. The number of carbonyl (C=O) groups is 1. The lowest BCUT2D eigenvalue weighted by atomic mass is 10.3. The number of methoxy groups -OCH3 is 1. The van der Waals surface area contributed by atoms with Gasteiger partial charge in [-0.25, -0.2) is 4.98 Å². The summed E-state index contributed by atoms with van der Waals surface area (Å²) in [6.45, 7) is 2.99. The first-order valence-corrected chi connectivity index (χ1v) is 6.73. The van der Waals surface area contributed by atoms with E-state index in [1.807, 2.05) is 19.1 Å². The second-order valence-electron chi connectivity index (χ2n) is 4.63. The van der Waals surface area contributed by atoms with E-state index in [4.69, 9.17) is 14.2 Å². The van der Waals surface area contributed by atoms with E-state index in [1.165, 1.54) is 0 Å². The van der Waals surface area contributed by atoms with Gasteiger partial charge in [0.2, 0.25) is 5.91 Å². The highest BCUT2D eigenvalue weighted by molar-refractivity contribution is 5.89. The molecule has 0 bridgehead atoms. The first kappa shape index (κ1) is 14.9. The van der Waals surface area contributed by atoms with Gasteiger partial charge in [0.05, 0.1) is 31.4 Å². The summed E-state index contributed by atoms with van der Waals surface area (Å²) in [6.07, 6.45) is 0.698. The van der Waals surface area contributed by atoms with E-state index >= 15 is 0 Å². The van der Waals surface area contributed by atoms with Gasteiger partial charge in [-0.15, -0.1) is 0 Å². The van der Waals surface area contributed by atoms with Gasteiger partial charge in [-0.3, -0.25) is 4.79 Å². The number of hydrogen-bond acceptors (Lipinski definition) is 5. The van der Waals surface area contributed by atoms with Crippen molar-refractivity contribution in [2.45, 2.75) is 38.8 Å². The lowest BCUT2D eigenvalue weighted by Crippen LogP contribution is -2.21. The summed E-state index contributed by atoms with van der Waals surface area (Å²) in [5, 5.41) is 2.73. The zero-order valence-electron chi connectivity index (χ0n) is 11.8. The molecule has 6 nitrogen and oxygen atoms in total. The van der Waals surface area contributed by atoms with Crippen LogP contribution in [0.25, 0.3) is 0 Å². The number of aromatic nitrogens is 1. The summed E-state index contributed by atoms with van der Waals surface area (Å²) in [7, 11) is 1.60. The zero-order valence-corrected chi connectivity index (χ0v) is 11.8. The van der Waals surface area contributed by atoms with Crippen molar-refractivity contribution in [1.82, 2.24) is 4.98 Å². The van der Waals surface area contributed by atoms with Crippen LogP contribution < -0.4 is 5.32 Å². The van der Waals surface area contributed by atoms with Crippen LogP contribution in [-0.2, 0) is 25.6 Å². The van der Waals surface area contributed by atoms with E-state index < -0.39 is 6.29 Å². The van der Waals surface area contributed by atoms with Crippen LogP contribution in [0.15, 0.2) is 18.2 Å². The number of pyridine rings is 1. The van der Waals surface area contributed by atoms with Crippen molar-refractivity contribution in [2.75, 3.05) is 19.0 Å². The SMILES string of the molecule is CCC1COC(CC(=O)Nc2cccc(COC)n2)O1. The predicted molar refractivity (Wildman–Crippen MR) is 73.1 cm³/mol. The summed E-state index contributed by atoms with van der Waals surface area (Å²) < 4.78 is 16.0. The minimum atomic E-state index is -0.456. The molecule has 0 aliphatic carbocycles. The van der Waals surface area contributed by atoms with E-state index in [9.17, 15) is 4.79 Å². The third-order valence-corrected chi connectivity index (χ3v) is 2.99. The van der Waals surface area contributed by atoms with E-state index in [-0.39, 0.29) is 18.4 Å². The Morgan fingerprint density at radius 1 is 1.55 bits per heavy atom. The fourth-order valence-corrected chi connectivity index (χ4v) is 1.95. The number of nitrogens with zero attached hydrogens (tertiary/aromatic N) is 1. The highest BCUT2D eigenvalue weighted by Gasteiger charge is 2.26. The maximum absolute atomic E-state index is 11.9. The Labute approximate surface area is 118 Å². The first-order chi connectivity index (χ1) is 9.71. The van der Waals surface area contributed by atoms with E-state index in [1.54, 1.807) is 13.2 Å². The van der Waals surface area contributed by atoms with Gasteiger partial charge in [0.1, 0.15) is 5.82 Å². The Morgan fingerprint density at radius 2 is 2.40 bits per heavy atom. The molecule has 1 aliphatic rings. The van der Waals surface area contributed by atoms with Crippen LogP contribution >= 0.6 is 0 Å². The highest BCUT2D eigenvalue weighted by Crippen LogP contribution is 2.17. The predicted octanol–water partition coefficient (Wildman–Crippen LogP) is 1.71. The molecular formula is C14H20N2O4. The molecule has 2 atom stereocenters. The fraction of sp³-hybridized carbons (Fsp3) is 0.571. The number of ether oxygens (including phenoxy) is 3. The molecule has 2 rings (SSSR count). The van der Waals surface area contributed by atoms with Gasteiger partial charge in [0, 0.05) is 7.11 Å². The largest absolute Gasteiger partial charge is 0.378 e. The second-order valence-corrected chi connectivity index (χ2v) is 4.63. The molecule has 6 heteroatoms. The van der Waals surface area contributed by atoms with Gasteiger partial charge in [-0.2, -0.15) is 0 Å². The van der Waals surface area contributed by atoms with Crippen LogP contribution in [0.2, 0.25) is 0 Å². The van der Waals surface area contributed by atoms with Crippen LogP contribution in [-0.4, -0.2) is 37.0 Å². The normalized spacial score (nSPS) is 21.9. The van der Waals surface area contributed by atoms with E-state index in [0.717, 1.165) is 12.1 Å². The fourth-order valence-electron chi connectivity index (χ4n) is 1.95. The molecule has 0 radical (unpaired) electrons. The summed E-state index contributed by atoms with van der Waals surface area (Å²) in [6, 6.07) is 5.41. The lowest BCUT2D eigenvalue weighted by Gasteiger charge is -2.11. The average molecular weight is 280 g/mol. The van der Waals surface area contributed by atoms with Crippen molar-refractivity contribution in [3.8, 4) is 0 Å². The Balaban J connectivity index is 1.83. The van der Waals surface area contributed by atoms with Crippen molar-refractivity contribution < 1.29 is 19.0 Å². The number of carbonyl (C=O) groups excluding carboxylic acids is 1. The highest BCUT2D eigenvalue weighted by atomic mass is 16.7. The van der Waals surface area contributed by atoms with E-state index in [2.05, 4.69) is 10.3 Å². The minimum absolute atomic E-state index is 0.0935. The average Bonchev–Trinajstić information content (AvgIpc) is 2.87. The summed E-state index contributed by atoms with van der Waals surface area (Å²) in [5.74, 6) is 0.336. The standard InChI is InChI=1S/C14H20N2O4/c1-3-11-9-19-14(20-11)7-13(17)16-12-6-4-5-10(15-12)8-18-2/h4-6,11,14H,3,7-9H2,1-2H3,(H,15,16,17). The van der Waals surface area contributed by atoms with Gasteiger partial charge in [0.15, 0.2) is 6.29 Å². The molecule has 2 heterocycles. The molecule has 1 saturated heterocycles. The van der Waals surface area contributed by atoms with Crippen LogP contribution in [0.4, 0.5) is 5.82 Å². The van der Waals surface area contributed by atoms with Crippen molar-refractivity contribution >= 4 is 11.7 Å². The molecule has 1 aliphatic heterocycles. The Morgan fingerprint density at radius 3 is 3.10 bits per heavy atom. The third kappa shape index (κ3) is 4.26. The maximum atomic E-state index is 11.9. The number of hydrogen-bond donors (Lipinski definition) is 1. The van der Waals surface area contributed by atoms with Crippen LogP contribution in [0, 0.1) is 0 Å². The molecule has 2 unspecified atom stereocenters.